The highest BCUT2D eigenvalue weighted by Gasteiger charge is 2.19. The zero-order valence-electron chi connectivity index (χ0n) is 14.8. The van der Waals surface area contributed by atoms with Crippen LogP contribution in [0.4, 0.5) is 0 Å². The quantitative estimate of drug-likeness (QED) is 0.834. The summed E-state index contributed by atoms with van der Waals surface area (Å²) < 4.78 is 5.67. The molecule has 1 aromatic heterocycles. The van der Waals surface area contributed by atoms with Crippen LogP contribution in [0.2, 0.25) is 0 Å². The standard InChI is InChI=1S/C20H27N3O2/c1-17-4-6-20(7-5-17)25-16-19(24)15-23-11-9-22(10-12-23)14-18-3-2-8-21-13-18/h2-8,13,19,24H,9-12,14-16H2,1H3. The summed E-state index contributed by atoms with van der Waals surface area (Å²) in [6, 6.07) is 12.0. The Balaban J connectivity index is 1.36. The van der Waals surface area contributed by atoms with E-state index in [0.29, 0.717) is 13.2 Å². The fourth-order valence-electron chi connectivity index (χ4n) is 3.06. The third-order valence-electron chi connectivity index (χ3n) is 4.53. The van der Waals surface area contributed by atoms with Gasteiger partial charge in [-0.15, -0.1) is 0 Å². The second kappa shape index (κ2) is 8.94. The molecule has 2 heterocycles. The van der Waals surface area contributed by atoms with Crippen LogP contribution >= 0.6 is 0 Å². The Bertz CT molecular complexity index is 625. The van der Waals surface area contributed by atoms with Crippen LogP contribution in [0.5, 0.6) is 5.75 Å². The van der Waals surface area contributed by atoms with Gasteiger partial charge in [-0.25, -0.2) is 0 Å². The third kappa shape index (κ3) is 5.81. The van der Waals surface area contributed by atoms with E-state index in [-0.39, 0.29) is 0 Å². The van der Waals surface area contributed by atoms with Gasteiger partial charge in [0.1, 0.15) is 18.5 Å². The van der Waals surface area contributed by atoms with Crippen molar-refractivity contribution >= 4 is 0 Å². The molecule has 2 aromatic rings. The summed E-state index contributed by atoms with van der Waals surface area (Å²) in [5, 5.41) is 10.2. The number of hydrogen-bond donors (Lipinski definition) is 1. The first-order chi connectivity index (χ1) is 12.2. The molecule has 1 unspecified atom stereocenters. The maximum atomic E-state index is 10.2. The molecule has 0 spiro atoms. The van der Waals surface area contributed by atoms with Gasteiger partial charge in [0.15, 0.2) is 0 Å². The van der Waals surface area contributed by atoms with Crippen molar-refractivity contribution in [1.82, 2.24) is 14.8 Å². The second-order valence-electron chi connectivity index (χ2n) is 6.72. The second-order valence-corrected chi connectivity index (χ2v) is 6.72. The molecule has 1 aromatic carbocycles. The molecule has 5 heteroatoms. The predicted molar refractivity (Wildman–Crippen MR) is 98.6 cm³/mol. The van der Waals surface area contributed by atoms with Crippen molar-refractivity contribution < 1.29 is 9.84 Å². The van der Waals surface area contributed by atoms with Gasteiger partial charge in [0, 0.05) is 51.7 Å². The molecule has 0 radical (unpaired) electrons. The number of benzene rings is 1. The summed E-state index contributed by atoms with van der Waals surface area (Å²) in [7, 11) is 0. The minimum Gasteiger partial charge on any atom is -0.491 e. The maximum Gasteiger partial charge on any atom is 0.119 e. The fraction of sp³-hybridized carbons (Fsp3) is 0.450. The number of aliphatic hydroxyl groups is 1. The fourth-order valence-corrected chi connectivity index (χ4v) is 3.06. The summed E-state index contributed by atoms with van der Waals surface area (Å²) >= 11 is 0. The molecule has 25 heavy (non-hydrogen) atoms. The average molecular weight is 341 g/mol. The van der Waals surface area contributed by atoms with E-state index in [1.807, 2.05) is 49.6 Å². The Morgan fingerprint density at radius 3 is 2.48 bits per heavy atom. The van der Waals surface area contributed by atoms with Crippen LogP contribution in [-0.2, 0) is 6.54 Å². The van der Waals surface area contributed by atoms with Crippen LogP contribution in [0, 0.1) is 6.92 Å². The van der Waals surface area contributed by atoms with E-state index in [2.05, 4.69) is 20.9 Å². The molecule has 1 saturated heterocycles. The van der Waals surface area contributed by atoms with Crippen molar-refractivity contribution in [3.63, 3.8) is 0 Å². The summed E-state index contributed by atoms with van der Waals surface area (Å²) in [6.45, 7) is 7.96. The van der Waals surface area contributed by atoms with Crippen LogP contribution < -0.4 is 4.74 Å². The van der Waals surface area contributed by atoms with Crippen molar-refractivity contribution in [1.29, 1.82) is 0 Å². The van der Waals surface area contributed by atoms with Gasteiger partial charge in [0.25, 0.3) is 0 Å². The number of pyridine rings is 1. The van der Waals surface area contributed by atoms with Crippen molar-refractivity contribution in [2.24, 2.45) is 0 Å². The van der Waals surface area contributed by atoms with Gasteiger partial charge >= 0.3 is 0 Å². The maximum absolute atomic E-state index is 10.2. The number of aromatic nitrogens is 1. The molecule has 1 N–H and O–H groups in total. The first-order valence-electron chi connectivity index (χ1n) is 8.90. The van der Waals surface area contributed by atoms with Crippen molar-refractivity contribution in [2.45, 2.75) is 19.6 Å². The average Bonchev–Trinajstić information content (AvgIpc) is 2.64. The van der Waals surface area contributed by atoms with E-state index in [9.17, 15) is 5.11 Å². The molecular weight excluding hydrogens is 314 g/mol. The van der Waals surface area contributed by atoms with E-state index < -0.39 is 6.10 Å². The SMILES string of the molecule is Cc1ccc(OCC(O)CN2CCN(Cc3cccnc3)CC2)cc1. The van der Waals surface area contributed by atoms with Gasteiger partial charge < -0.3 is 9.84 Å². The predicted octanol–water partition coefficient (Wildman–Crippen LogP) is 1.95. The van der Waals surface area contributed by atoms with Crippen LogP contribution in [0.1, 0.15) is 11.1 Å². The Kier molecular flexibility index (Phi) is 6.39. The molecule has 134 valence electrons. The van der Waals surface area contributed by atoms with Gasteiger partial charge in [-0.2, -0.15) is 0 Å². The molecule has 0 saturated carbocycles. The first-order valence-corrected chi connectivity index (χ1v) is 8.90. The summed E-state index contributed by atoms with van der Waals surface area (Å²) in [5.74, 6) is 0.811. The highest BCUT2D eigenvalue weighted by Crippen LogP contribution is 2.12. The van der Waals surface area contributed by atoms with Crippen molar-refractivity contribution in [3.8, 4) is 5.75 Å². The third-order valence-corrected chi connectivity index (χ3v) is 4.53. The van der Waals surface area contributed by atoms with E-state index in [4.69, 9.17) is 4.74 Å². The Morgan fingerprint density at radius 2 is 1.80 bits per heavy atom. The lowest BCUT2D eigenvalue weighted by molar-refractivity contribution is 0.0446. The molecule has 1 aliphatic rings. The molecular formula is C20H27N3O2. The van der Waals surface area contributed by atoms with Crippen LogP contribution in [0.3, 0.4) is 0 Å². The molecule has 1 aliphatic heterocycles. The smallest absolute Gasteiger partial charge is 0.119 e. The van der Waals surface area contributed by atoms with E-state index in [0.717, 1.165) is 38.5 Å². The monoisotopic (exact) mass is 341 g/mol. The number of hydrogen-bond acceptors (Lipinski definition) is 5. The normalized spacial score (nSPS) is 17.4. The molecule has 3 rings (SSSR count). The number of rotatable bonds is 7. The van der Waals surface area contributed by atoms with Crippen molar-refractivity contribution in [3.05, 3.63) is 59.9 Å². The molecule has 1 fully saturated rings. The van der Waals surface area contributed by atoms with Gasteiger partial charge in [0.05, 0.1) is 0 Å². The van der Waals surface area contributed by atoms with Gasteiger partial charge in [0.2, 0.25) is 0 Å². The Morgan fingerprint density at radius 1 is 1.08 bits per heavy atom. The largest absolute Gasteiger partial charge is 0.491 e. The lowest BCUT2D eigenvalue weighted by atomic mass is 10.2. The summed E-state index contributed by atoms with van der Waals surface area (Å²) in [5.41, 5.74) is 2.46. The Labute approximate surface area is 149 Å². The minimum absolute atomic E-state index is 0.332. The van der Waals surface area contributed by atoms with Gasteiger partial charge in [-0.05, 0) is 30.7 Å². The zero-order chi connectivity index (χ0) is 17.5. The summed E-state index contributed by atoms with van der Waals surface area (Å²) in [4.78, 5) is 8.91. The lowest BCUT2D eigenvalue weighted by Crippen LogP contribution is -2.48. The minimum atomic E-state index is -0.467. The highest BCUT2D eigenvalue weighted by atomic mass is 16.5. The molecule has 0 aliphatic carbocycles. The lowest BCUT2D eigenvalue weighted by Gasteiger charge is -2.35. The van der Waals surface area contributed by atoms with Gasteiger partial charge in [-0.3, -0.25) is 14.8 Å². The number of nitrogens with zero attached hydrogens (tertiary/aromatic N) is 3. The zero-order valence-corrected chi connectivity index (χ0v) is 14.8. The van der Waals surface area contributed by atoms with Gasteiger partial charge in [-0.1, -0.05) is 23.8 Å². The van der Waals surface area contributed by atoms with E-state index >= 15 is 0 Å². The summed E-state index contributed by atoms with van der Waals surface area (Å²) in [6.07, 6.45) is 3.27. The topological polar surface area (TPSA) is 48.8 Å². The molecule has 1 atom stereocenters. The molecule has 0 bridgehead atoms. The van der Waals surface area contributed by atoms with Crippen LogP contribution in [0.15, 0.2) is 48.8 Å². The van der Waals surface area contributed by atoms with Crippen LogP contribution in [-0.4, -0.2) is 65.3 Å². The molecule has 5 nitrogen and oxygen atoms in total. The number of piperazine rings is 1. The highest BCUT2D eigenvalue weighted by molar-refractivity contribution is 5.26. The van der Waals surface area contributed by atoms with Crippen LogP contribution in [0.25, 0.3) is 0 Å². The van der Waals surface area contributed by atoms with E-state index in [1.165, 1.54) is 11.1 Å². The Hall–Kier alpha value is -1.95. The van der Waals surface area contributed by atoms with E-state index in [1.54, 1.807) is 0 Å². The van der Waals surface area contributed by atoms with Crippen molar-refractivity contribution in [2.75, 3.05) is 39.3 Å². The number of aliphatic hydroxyl groups excluding tert-OH is 1. The number of ether oxygens (including phenoxy) is 1. The number of β-amino-alcohol motifs (C(OH)–C–C–N with tert-alkyl or cyclic N) is 1. The molecule has 0 amide bonds. The first kappa shape index (κ1) is 17.9. The number of aryl methyl sites for hydroxylation is 1.